The Bertz CT molecular complexity index is 474. The number of rotatable bonds is 4. The van der Waals surface area contributed by atoms with E-state index in [1.807, 2.05) is 23.1 Å². The van der Waals surface area contributed by atoms with E-state index in [9.17, 15) is 0 Å². The Kier molecular flexibility index (Phi) is 3.90. The minimum absolute atomic E-state index is 0.632. The number of nitrogens with two attached hydrogens (primary N) is 1. The summed E-state index contributed by atoms with van der Waals surface area (Å²) >= 11 is 3.82. The lowest BCUT2D eigenvalue weighted by atomic mass is 10.1. The third-order valence-electron chi connectivity index (χ3n) is 2.55. The topological polar surface area (TPSA) is 26.0 Å². The third-order valence-corrected chi connectivity index (χ3v) is 4.69. The molecule has 1 aromatic carbocycles. The van der Waals surface area contributed by atoms with Gasteiger partial charge in [0.2, 0.25) is 0 Å². The molecule has 1 nitrogen and oxygen atoms in total. The molecular formula is C13H17NS2. The highest BCUT2D eigenvalue weighted by molar-refractivity contribution is 7.99. The standard InChI is InChI=1S/C13H17NS2/c1-9(2)15-7-11-8-16-12-5-3-4-10(6-14)13(11)12/h3-5,8-9H,6-7,14H2,1-2H3. The van der Waals surface area contributed by atoms with E-state index in [4.69, 9.17) is 5.73 Å². The Labute approximate surface area is 105 Å². The van der Waals surface area contributed by atoms with E-state index >= 15 is 0 Å². The van der Waals surface area contributed by atoms with Gasteiger partial charge in [-0.1, -0.05) is 26.0 Å². The summed E-state index contributed by atoms with van der Waals surface area (Å²) in [5.41, 5.74) is 8.52. The van der Waals surface area contributed by atoms with Crippen LogP contribution in [0.2, 0.25) is 0 Å². The molecule has 0 unspecified atom stereocenters. The second kappa shape index (κ2) is 5.21. The lowest BCUT2D eigenvalue weighted by Gasteiger charge is -2.06. The van der Waals surface area contributed by atoms with Crippen LogP contribution in [0.5, 0.6) is 0 Å². The molecule has 0 aliphatic rings. The Morgan fingerprint density at radius 1 is 1.31 bits per heavy atom. The molecule has 0 aliphatic heterocycles. The molecule has 0 aliphatic carbocycles. The zero-order chi connectivity index (χ0) is 11.5. The molecule has 3 heteroatoms. The van der Waals surface area contributed by atoms with E-state index in [0.717, 1.165) is 5.75 Å². The van der Waals surface area contributed by atoms with Crippen molar-refractivity contribution in [1.82, 2.24) is 0 Å². The zero-order valence-corrected chi connectivity index (χ0v) is 11.3. The first-order chi connectivity index (χ1) is 7.72. The summed E-state index contributed by atoms with van der Waals surface area (Å²) in [6.07, 6.45) is 0. The summed E-state index contributed by atoms with van der Waals surface area (Å²) < 4.78 is 1.36. The molecule has 0 spiro atoms. The number of benzene rings is 1. The number of fused-ring (bicyclic) bond motifs is 1. The number of hydrogen-bond donors (Lipinski definition) is 1. The maximum absolute atomic E-state index is 5.80. The molecule has 0 bridgehead atoms. The van der Waals surface area contributed by atoms with Crippen LogP contribution in [0.25, 0.3) is 10.1 Å². The lowest BCUT2D eigenvalue weighted by molar-refractivity contribution is 1.08. The molecule has 0 saturated heterocycles. The molecule has 0 fully saturated rings. The fraction of sp³-hybridized carbons (Fsp3) is 0.385. The van der Waals surface area contributed by atoms with E-state index < -0.39 is 0 Å². The van der Waals surface area contributed by atoms with Gasteiger partial charge in [0.15, 0.2) is 0 Å². The summed E-state index contributed by atoms with van der Waals surface area (Å²) in [6, 6.07) is 6.42. The number of hydrogen-bond acceptors (Lipinski definition) is 3. The Morgan fingerprint density at radius 2 is 2.12 bits per heavy atom. The van der Waals surface area contributed by atoms with Crippen molar-refractivity contribution < 1.29 is 0 Å². The van der Waals surface area contributed by atoms with Gasteiger partial charge in [-0.15, -0.1) is 11.3 Å². The van der Waals surface area contributed by atoms with E-state index in [1.54, 1.807) is 0 Å². The molecule has 2 aromatic rings. The van der Waals surface area contributed by atoms with Gasteiger partial charge in [0.1, 0.15) is 0 Å². The van der Waals surface area contributed by atoms with Gasteiger partial charge in [0.25, 0.3) is 0 Å². The largest absolute Gasteiger partial charge is 0.326 e. The molecule has 2 N–H and O–H groups in total. The Hall–Kier alpha value is -0.510. The molecule has 0 atom stereocenters. The van der Waals surface area contributed by atoms with Gasteiger partial charge < -0.3 is 5.73 Å². The van der Waals surface area contributed by atoms with Crippen molar-refractivity contribution in [3.63, 3.8) is 0 Å². The SMILES string of the molecule is CC(C)SCc1csc2cccc(CN)c12. The van der Waals surface area contributed by atoms with Gasteiger partial charge in [-0.2, -0.15) is 11.8 Å². The smallest absolute Gasteiger partial charge is 0.0349 e. The second-order valence-corrected chi connectivity index (χ2v) is 6.59. The minimum atomic E-state index is 0.632. The quantitative estimate of drug-likeness (QED) is 0.888. The van der Waals surface area contributed by atoms with Crippen molar-refractivity contribution in [3.8, 4) is 0 Å². The number of thiophene rings is 1. The molecular weight excluding hydrogens is 234 g/mol. The van der Waals surface area contributed by atoms with Crippen molar-refractivity contribution in [2.45, 2.75) is 31.4 Å². The first kappa shape index (κ1) is 12.0. The first-order valence-corrected chi connectivity index (χ1v) is 7.45. The van der Waals surface area contributed by atoms with Gasteiger partial charge in [-0.25, -0.2) is 0 Å². The Morgan fingerprint density at radius 3 is 2.81 bits per heavy atom. The van der Waals surface area contributed by atoms with Gasteiger partial charge >= 0.3 is 0 Å². The third kappa shape index (κ3) is 2.42. The van der Waals surface area contributed by atoms with Crippen LogP contribution in [0.15, 0.2) is 23.6 Å². The molecule has 0 radical (unpaired) electrons. The van der Waals surface area contributed by atoms with Crippen LogP contribution in [0.1, 0.15) is 25.0 Å². The summed E-state index contributed by atoms with van der Waals surface area (Å²) in [5.74, 6) is 1.09. The fourth-order valence-electron chi connectivity index (χ4n) is 1.77. The van der Waals surface area contributed by atoms with Crippen LogP contribution in [-0.4, -0.2) is 5.25 Å². The highest BCUT2D eigenvalue weighted by atomic mass is 32.2. The first-order valence-electron chi connectivity index (χ1n) is 5.52. The summed E-state index contributed by atoms with van der Waals surface area (Å²) in [6.45, 7) is 5.11. The van der Waals surface area contributed by atoms with Gasteiger partial charge in [-0.05, 0) is 27.8 Å². The van der Waals surface area contributed by atoms with Crippen molar-refractivity contribution in [2.75, 3.05) is 0 Å². The minimum Gasteiger partial charge on any atom is -0.326 e. The van der Waals surface area contributed by atoms with Crippen LogP contribution >= 0.6 is 23.1 Å². The monoisotopic (exact) mass is 251 g/mol. The zero-order valence-electron chi connectivity index (χ0n) is 9.69. The Balaban J connectivity index is 2.38. The average molecular weight is 251 g/mol. The van der Waals surface area contributed by atoms with E-state index in [1.165, 1.54) is 21.2 Å². The van der Waals surface area contributed by atoms with E-state index in [2.05, 4.69) is 37.4 Å². The van der Waals surface area contributed by atoms with Crippen molar-refractivity contribution >= 4 is 33.2 Å². The maximum atomic E-state index is 5.80. The fourth-order valence-corrected chi connectivity index (χ4v) is 3.62. The molecule has 0 amide bonds. The highest BCUT2D eigenvalue weighted by Crippen LogP contribution is 2.32. The lowest BCUT2D eigenvalue weighted by Crippen LogP contribution is -1.97. The van der Waals surface area contributed by atoms with Crippen LogP contribution < -0.4 is 5.73 Å². The molecule has 86 valence electrons. The van der Waals surface area contributed by atoms with Gasteiger partial charge in [0.05, 0.1) is 0 Å². The summed E-state index contributed by atoms with van der Waals surface area (Å²) in [5, 5.41) is 4.35. The van der Waals surface area contributed by atoms with Crippen molar-refractivity contribution in [2.24, 2.45) is 5.73 Å². The second-order valence-electron chi connectivity index (χ2n) is 4.12. The van der Waals surface area contributed by atoms with Crippen LogP contribution in [0.3, 0.4) is 0 Å². The van der Waals surface area contributed by atoms with Crippen LogP contribution in [0.4, 0.5) is 0 Å². The van der Waals surface area contributed by atoms with Crippen molar-refractivity contribution in [1.29, 1.82) is 0 Å². The molecule has 1 heterocycles. The maximum Gasteiger partial charge on any atom is 0.0349 e. The number of thioether (sulfide) groups is 1. The molecule has 1 aromatic heterocycles. The molecule has 2 rings (SSSR count). The predicted molar refractivity (Wildman–Crippen MR) is 76.1 cm³/mol. The highest BCUT2D eigenvalue weighted by Gasteiger charge is 2.08. The summed E-state index contributed by atoms with van der Waals surface area (Å²) in [7, 11) is 0. The van der Waals surface area contributed by atoms with Crippen LogP contribution in [0, 0.1) is 0 Å². The molecule has 0 saturated carbocycles. The summed E-state index contributed by atoms with van der Waals surface area (Å²) in [4.78, 5) is 0. The molecule has 16 heavy (non-hydrogen) atoms. The predicted octanol–water partition coefficient (Wildman–Crippen LogP) is 4.00. The van der Waals surface area contributed by atoms with Crippen molar-refractivity contribution in [3.05, 3.63) is 34.7 Å². The van der Waals surface area contributed by atoms with E-state index in [0.29, 0.717) is 11.8 Å². The normalized spacial score (nSPS) is 11.5. The van der Waals surface area contributed by atoms with Gasteiger partial charge in [0, 0.05) is 22.4 Å². The van der Waals surface area contributed by atoms with E-state index in [-0.39, 0.29) is 0 Å². The average Bonchev–Trinajstić information content (AvgIpc) is 2.69. The van der Waals surface area contributed by atoms with Gasteiger partial charge in [-0.3, -0.25) is 0 Å². The van der Waals surface area contributed by atoms with Crippen LogP contribution in [-0.2, 0) is 12.3 Å².